The summed E-state index contributed by atoms with van der Waals surface area (Å²) < 4.78 is 0.912. The first-order valence-electron chi connectivity index (χ1n) is 7.83. The Hall–Kier alpha value is -2.39. The monoisotopic (exact) mass is 384 g/mol. The van der Waals surface area contributed by atoms with Crippen LogP contribution in [0.1, 0.15) is 22.3 Å². The molecule has 2 heterocycles. The molecule has 1 aromatic carbocycles. The summed E-state index contributed by atoms with van der Waals surface area (Å²) >= 11 is 3.55. The van der Waals surface area contributed by atoms with Crippen LogP contribution in [0.3, 0.4) is 0 Å². The van der Waals surface area contributed by atoms with Crippen LogP contribution in [0.15, 0.2) is 47.2 Å². The van der Waals surface area contributed by atoms with E-state index < -0.39 is 0 Å². The number of pyridine rings is 1. The van der Waals surface area contributed by atoms with Crippen LogP contribution >= 0.6 is 15.9 Å². The molecule has 0 bridgehead atoms. The Kier molecular flexibility index (Phi) is 5.11. The molecule has 122 valence electrons. The van der Waals surface area contributed by atoms with Crippen LogP contribution in [0.4, 0.5) is 5.69 Å². The first-order valence-corrected chi connectivity index (χ1v) is 8.62. The Morgan fingerprint density at radius 1 is 1.12 bits per heavy atom. The molecule has 1 aromatic heterocycles. The molecule has 1 aliphatic rings. The summed E-state index contributed by atoms with van der Waals surface area (Å²) in [6.45, 7) is 3.06. The zero-order valence-corrected chi connectivity index (χ0v) is 14.7. The van der Waals surface area contributed by atoms with E-state index in [0.717, 1.165) is 36.2 Å². The third-order valence-electron chi connectivity index (χ3n) is 4.13. The fourth-order valence-corrected chi connectivity index (χ4v) is 3.50. The number of amides is 1. The van der Waals surface area contributed by atoms with Gasteiger partial charge in [0, 0.05) is 48.6 Å². The highest BCUT2D eigenvalue weighted by atomic mass is 79.9. The predicted molar refractivity (Wildman–Crippen MR) is 95.8 cm³/mol. The molecule has 1 amide bonds. The van der Waals surface area contributed by atoms with Crippen LogP contribution in [-0.4, -0.2) is 42.0 Å². The Balaban J connectivity index is 1.72. The van der Waals surface area contributed by atoms with E-state index in [9.17, 15) is 4.79 Å². The van der Waals surface area contributed by atoms with E-state index in [4.69, 9.17) is 5.26 Å². The number of anilines is 1. The molecule has 1 saturated heterocycles. The second kappa shape index (κ2) is 7.45. The van der Waals surface area contributed by atoms with Crippen molar-refractivity contribution < 1.29 is 4.79 Å². The highest BCUT2D eigenvalue weighted by molar-refractivity contribution is 9.10. The van der Waals surface area contributed by atoms with Crippen LogP contribution in [0.5, 0.6) is 0 Å². The van der Waals surface area contributed by atoms with Gasteiger partial charge in [-0.25, -0.2) is 0 Å². The third-order valence-corrected chi connectivity index (χ3v) is 4.76. The lowest BCUT2D eigenvalue weighted by atomic mass is 10.2. The van der Waals surface area contributed by atoms with Crippen LogP contribution in [0, 0.1) is 11.3 Å². The van der Waals surface area contributed by atoms with E-state index in [1.807, 2.05) is 23.1 Å². The molecule has 5 nitrogen and oxygen atoms in total. The summed E-state index contributed by atoms with van der Waals surface area (Å²) in [5.74, 6) is 0.0538. The van der Waals surface area contributed by atoms with Gasteiger partial charge in [-0.2, -0.15) is 5.26 Å². The maximum Gasteiger partial charge on any atom is 0.254 e. The Labute approximate surface area is 149 Å². The van der Waals surface area contributed by atoms with E-state index in [2.05, 4.69) is 31.9 Å². The van der Waals surface area contributed by atoms with E-state index in [-0.39, 0.29) is 5.91 Å². The number of hydrogen-bond donors (Lipinski definition) is 0. The van der Waals surface area contributed by atoms with Gasteiger partial charge in [0.05, 0.1) is 17.3 Å². The molecule has 0 aliphatic carbocycles. The zero-order chi connectivity index (χ0) is 16.9. The molecule has 0 unspecified atom stereocenters. The lowest BCUT2D eigenvalue weighted by Gasteiger charge is -2.25. The molecule has 6 heteroatoms. The number of nitrogens with zero attached hydrogens (tertiary/aromatic N) is 4. The van der Waals surface area contributed by atoms with E-state index in [1.165, 1.54) is 0 Å². The van der Waals surface area contributed by atoms with Gasteiger partial charge >= 0.3 is 0 Å². The van der Waals surface area contributed by atoms with Gasteiger partial charge in [-0.05, 0) is 52.7 Å². The molecule has 0 N–H and O–H groups in total. The van der Waals surface area contributed by atoms with E-state index in [1.54, 1.807) is 24.5 Å². The number of nitriles is 1. The number of carbonyl (C=O) groups is 1. The summed E-state index contributed by atoms with van der Waals surface area (Å²) in [6.07, 6.45) is 4.19. The van der Waals surface area contributed by atoms with Gasteiger partial charge in [0.1, 0.15) is 0 Å². The second-order valence-corrected chi connectivity index (χ2v) is 6.50. The quantitative estimate of drug-likeness (QED) is 0.797. The number of halogens is 1. The molecule has 1 fully saturated rings. The lowest BCUT2D eigenvalue weighted by Crippen LogP contribution is -2.35. The minimum atomic E-state index is 0.0538. The molecule has 0 saturated carbocycles. The maximum absolute atomic E-state index is 12.6. The minimum absolute atomic E-state index is 0.0538. The van der Waals surface area contributed by atoms with Crippen molar-refractivity contribution in [1.29, 1.82) is 5.26 Å². The van der Waals surface area contributed by atoms with Crippen LogP contribution < -0.4 is 4.90 Å². The number of carbonyl (C=O) groups excluding carboxylic acids is 1. The Bertz CT molecular complexity index is 772. The molecule has 0 spiro atoms. The number of aromatic nitrogens is 1. The normalized spacial score (nSPS) is 14.8. The van der Waals surface area contributed by atoms with Crippen molar-refractivity contribution in [3.63, 3.8) is 0 Å². The first-order chi connectivity index (χ1) is 11.7. The van der Waals surface area contributed by atoms with Gasteiger partial charge in [0.2, 0.25) is 0 Å². The average molecular weight is 385 g/mol. The van der Waals surface area contributed by atoms with Gasteiger partial charge in [-0.15, -0.1) is 0 Å². The minimum Gasteiger partial charge on any atom is -0.369 e. The van der Waals surface area contributed by atoms with Gasteiger partial charge in [0.15, 0.2) is 0 Å². The Morgan fingerprint density at radius 2 is 1.92 bits per heavy atom. The van der Waals surface area contributed by atoms with Crippen LogP contribution in [-0.2, 0) is 0 Å². The molecule has 3 rings (SSSR count). The number of hydrogen-bond acceptors (Lipinski definition) is 4. The zero-order valence-electron chi connectivity index (χ0n) is 13.2. The summed E-state index contributed by atoms with van der Waals surface area (Å²) in [5, 5.41) is 8.98. The molecule has 1 aliphatic heterocycles. The van der Waals surface area contributed by atoms with Crippen molar-refractivity contribution in [1.82, 2.24) is 9.88 Å². The number of benzene rings is 1. The highest BCUT2D eigenvalue weighted by Gasteiger charge is 2.21. The maximum atomic E-state index is 12.6. The fraction of sp³-hybridized carbons (Fsp3) is 0.278. The Morgan fingerprint density at radius 3 is 2.62 bits per heavy atom. The molecule has 24 heavy (non-hydrogen) atoms. The highest BCUT2D eigenvalue weighted by Crippen LogP contribution is 2.28. The van der Waals surface area contributed by atoms with Gasteiger partial charge in [0.25, 0.3) is 5.91 Å². The largest absolute Gasteiger partial charge is 0.369 e. The van der Waals surface area contributed by atoms with Crippen molar-refractivity contribution in [2.75, 3.05) is 31.1 Å². The van der Waals surface area contributed by atoms with Crippen molar-refractivity contribution in [2.24, 2.45) is 0 Å². The van der Waals surface area contributed by atoms with Gasteiger partial charge < -0.3 is 9.80 Å². The van der Waals surface area contributed by atoms with E-state index >= 15 is 0 Å². The SMILES string of the molecule is N#Cc1ccc(N2CCCN(C(=O)c3ccncc3)CC2)c(Br)c1. The summed E-state index contributed by atoms with van der Waals surface area (Å²) in [5.41, 5.74) is 2.38. The van der Waals surface area contributed by atoms with E-state index in [0.29, 0.717) is 17.7 Å². The lowest BCUT2D eigenvalue weighted by molar-refractivity contribution is 0.0767. The van der Waals surface area contributed by atoms with Crippen LogP contribution in [0.2, 0.25) is 0 Å². The standard InChI is InChI=1S/C18H17BrN4O/c19-16-12-14(13-20)2-3-17(16)22-8-1-9-23(11-10-22)18(24)15-4-6-21-7-5-15/h2-7,12H,1,8-11H2. The predicted octanol–water partition coefficient (Wildman–Crippen LogP) is 3.07. The van der Waals surface area contributed by atoms with Gasteiger partial charge in [-0.3, -0.25) is 9.78 Å². The summed E-state index contributed by atoms with van der Waals surface area (Å²) in [6, 6.07) is 11.3. The topological polar surface area (TPSA) is 60.2 Å². The molecule has 0 atom stereocenters. The second-order valence-electron chi connectivity index (χ2n) is 5.65. The first kappa shape index (κ1) is 16.5. The molecule has 2 aromatic rings. The smallest absolute Gasteiger partial charge is 0.254 e. The number of rotatable bonds is 2. The summed E-state index contributed by atoms with van der Waals surface area (Å²) in [7, 11) is 0. The molecule has 0 radical (unpaired) electrons. The summed E-state index contributed by atoms with van der Waals surface area (Å²) in [4.78, 5) is 20.7. The van der Waals surface area contributed by atoms with Crippen molar-refractivity contribution >= 4 is 27.5 Å². The van der Waals surface area contributed by atoms with Crippen molar-refractivity contribution in [3.05, 3.63) is 58.3 Å². The van der Waals surface area contributed by atoms with Gasteiger partial charge in [-0.1, -0.05) is 0 Å². The average Bonchev–Trinajstić information content (AvgIpc) is 2.87. The molecular formula is C18H17BrN4O. The molecular weight excluding hydrogens is 368 g/mol. The fourth-order valence-electron chi connectivity index (χ4n) is 2.87. The van der Waals surface area contributed by atoms with Crippen molar-refractivity contribution in [3.8, 4) is 6.07 Å². The third kappa shape index (κ3) is 3.57. The van der Waals surface area contributed by atoms with Crippen molar-refractivity contribution in [2.45, 2.75) is 6.42 Å². The van der Waals surface area contributed by atoms with Crippen LogP contribution in [0.25, 0.3) is 0 Å².